The number of anilines is 2. The van der Waals surface area contributed by atoms with Crippen LogP contribution in [0.15, 0.2) is 30.5 Å². The molecule has 0 fully saturated rings. The van der Waals surface area contributed by atoms with Gasteiger partial charge in [-0.1, -0.05) is 0 Å². The van der Waals surface area contributed by atoms with Crippen molar-refractivity contribution in [2.75, 3.05) is 24.3 Å². The third kappa shape index (κ3) is 4.18. The van der Waals surface area contributed by atoms with Crippen LogP contribution < -0.4 is 15.5 Å². The highest BCUT2D eigenvalue weighted by molar-refractivity contribution is 5.93. The predicted octanol–water partition coefficient (Wildman–Crippen LogP) is 2.83. The third-order valence-electron chi connectivity index (χ3n) is 3.41. The second kappa shape index (κ2) is 6.81. The molecule has 0 saturated carbocycles. The number of halogens is 3. The van der Waals surface area contributed by atoms with E-state index in [0.717, 1.165) is 17.8 Å². The standard InChI is InChI=1S/C15H18F3N5O/c1-22(2)13-5-4-10(15(16,17)18)8-12(13)21-14(24)19-9-11-6-7-20-23(11)3/h4-8H,9H2,1-3H3,(H2,19,21,24). The molecule has 2 N–H and O–H groups in total. The van der Waals surface area contributed by atoms with Gasteiger partial charge in [-0.15, -0.1) is 0 Å². The normalized spacial score (nSPS) is 11.2. The van der Waals surface area contributed by atoms with Crippen molar-refractivity contribution in [2.24, 2.45) is 7.05 Å². The Hall–Kier alpha value is -2.71. The maximum absolute atomic E-state index is 12.9. The first kappa shape index (κ1) is 17.6. The number of hydrogen-bond acceptors (Lipinski definition) is 3. The quantitative estimate of drug-likeness (QED) is 0.899. The number of hydrogen-bond donors (Lipinski definition) is 2. The zero-order valence-corrected chi connectivity index (χ0v) is 13.5. The molecule has 2 aromatic rings. The van der Waals surface area contributed by atoms with Crippen LogP contribution >= 0.6 is 0 Å². The molecule has 0 unspecified atom stereocenters. The van der Waals surface area contributed by atoms with E-state index in [-0.39, 0.29) is 12.2 Å². The Morgan fingerprint density at radius 3 is 2.54 bits per heavy atom. The number of amides is 2. The molecule has 1 aromatic carbocycles. The van der Waals surface area contributed by atoms with E-state index in [1.165, 1.54) is 6.07 Å². The minimum atomic E-state index is -4.48. The number of alkyl halides is 3. The SMILES string of the molecule is CN(C)c1ccc(C(F)(F)F)cc1NC(=O)NCc1ccnn1C. The number of benzene rings is 1. The number of nitrogens with zero attached hydrogens (tertiary/aromatic N) is 3. The number of urea groups is 1. The van der Waals surface area contributed by atoms with Gasteiger partial charge in [0, 0.05) is 27.3 Å². The lowest BCUT2D eigenvalue weighted by molar-refractivity contribution is -0.137. The monoisotopic (exact) mass is 341 g/mol. The highest BCUT2D eigenvalue weighted by Gasteiger charge is 2.31. The Balaban J connectivity index is 2.14. The second-order valence-electron chi connectivity index (χ2n) is 5.38. The van der Waals surface area contributed by atoms with E-state index in [4.69, 9.17) is 0 Å². The van der Waals surface area contributed by atoms with Crippen LogP contribution in [0.2, 0.25) is 0 Å². The van der Waals surface area contributed by atoms with Crippen LogP contribution in [0.25, 0.3) is 0 Å². The van der Waals surface area contributed by atoms with Gasteiger partial charge in [0.1, 0.15) is 0 Å². The van der Waals surface area contributed by atoms with Crippen LogP contribution in [0.4, 0.5) is 29.3 Å². The minimum absolute atomic E-state index is 0.0809. The summed E-state index contributed by atoms with van der Waals surface area (Å²) in [5.74, 6) is 0. The summed E-state index contributed by atoms with van der Waals surface area (Å²) >= 11 is 0. The highest BCUT2D eigenvalue weighted by Crippen LogP contribution is 2.34. The van der Waals surface area contributed by atoms with E-state index in [9.17, 15) is 18.0 Å². The van der Waals surface area contributed by atoms with Crippen molar-refractivity contribution in [1.82, 2.24) is 15.1 Å². The number of aromatic nitrogens is 2. The molecule has 24 heavy (non-hydrogen) atoms. The van der Waals surface area contributed by atoms with Gasteiger partial charge >= 0.3 is 12.2 Å². The lowest BCUT2D eigenvalue weighted by atomic mass is 10.1. The molecule has 1 aromatic heterocycles. The first-order valence-electron chi connectivity index (χ1n) is 7.09. The van der Waals surface area contributed by atoms with E-state index in [2.05, 4.69) is 15.7 Å². The molecular formula is C15H18F3N5O. The predicted molar refractivity (Wildman–Crippen MR) is 84.8 cm³/mol. The molecule has 0 spiro atoms. The van der Waals surface area contributed by atoms with Gasteiger partial charge in [-0.2, -0.15) is 18.3 Å². The molecule has 1 heterocycles. The Labute approximate surface area is 137 Å². The Kier molecular flexibility index (Phi) is 5.01. The summed E-state index contributed by atoms with van der Waals surface area (Å²) < 4.78 is 40.2. The molecule has 0 aliphatic heterocycles. The Morgan fingerprint density at radius 2 is 2.00 bits per heavy atom. The van der Waals surface area contributed by atoms with E-state index in [1.54, 1.807) is 43.0 Å². The lowest BCUT2D eigenvalue weighted by Crippen LogP contribution is -2.30. The van der Waals surface area contributed by atoms with Crippen molar-refractivity contribution in [2.45, 2.75) is 12.7 Å². The van der Waals surface area contributed by atoms with Gasteiger partial charge in [-0.05, 0) is 24.3 Å². The first-order valence-corrected chi connectivity index (χ1v) is 7.09. The van der Waals surface area contributed by atoms with Crippen LogP contribution in [0.1, 0.15) is 11.3 Å². The van der Waals surface area contributed by atoms with E-state index >= 15 is 0 Å². The van der Waals surface area contributed by atoms with Crippen molar-refractivity contribution in [3.8, 4) is 0 Å². The molecule has 0 saturated heterocycles. The summed E-state index contributed by atoms with van der Waals surface area (Å²) in [7, 11) is 5.09. The van der Waals surface area contributed by atoms with Crippen molar-refractivity contribution in [3.63, 3.8) is 0 Å². The van der Waals surface area contributed by atoms with Crippen molar-refractivity contribution < 1.29 is 18.0 Å². The minimum Gasteiger partial charge on any atom is -0.376 e. The number of carbonyl (C=O) groups excluding carboxylic acids is 1. The molecule has 0 radical (unpaired) electrons. The van der Waals surface area contributed by atoms with E-state index in [1.807, 2.05) is 0 Å². The zero-order valence-electron chi connectivity index (χ0n) is 13.5. The van der Waals surface area contributed by atoms with Crippen LogP contribution in [-0.2, 0) is 19.8 Å². The Morgan fingerprint density at radius 1 is 1.29 bits per heavy atom. The topological polar surface area (TPSA) is 62.2 Å². The Bertz CT molecular complexity index is 724. The highest BCUT2D eigenvalue weighted by atomic mass is 19.4. The molecule has 0 aliphatic rings. The number of nitrogens with one attached hydrogen (secondary N) is 2. The van der Waals surface area contributed by atoms with E-state index in [0.29, 0.717) is 5.69 Å². The average molecular weight is 341 g/mol. The van der Waals surface area contributed by atoms with Crippen molar-refractivity contribution in [3.05, 3.63) is 41.7 Å². The summed E-state index contributed by atoms with van der Waals surface area (Å²) in [6.45, 7) is 0.207. The fraction of sp³-hybridized carbons (Fsp3) is 0.333. The van der Waals surface area contributed by atoms with Gasteiger partial charge in [-0.25, -0.2) is 4.79 Å². The second-order valence-corrected chi connectivity index (χ2v) is 5.38. The van der Waals surface area contributed by atoms with E-state index < -0.39 is 17.8 Å². The third-order valence-corrected chi connectivity index (χ3v) is 3.41. The summed E-state index contributed by atoms with van der Waals surface area (Å²) in [4.78, 5) is 13.6. The summed E-state index contributed by atoms with van der Waals surface area (Å²) in [6.07, 6.45) is -2.89. The van der Waals surface area contributed by atoms with Crippen LogP contribution in [0.5, 0.6) is 0 Å². The van der Waals surface area contributed by atoms with Gasteiger partial charge in [-0.3, -0.25) is 4.68 Å². The molecule has 6 nitrogen and oxygen atoms in total. The molecule has 130 valence electrons. The molecule has 2 rings (SSSR count). The van der Waals surface area contributed by atoms with Crippen molar-refractivity contribution in [1.29, 1.82) is 0 Å². The number of rotatable bonds is 4. The fourth-order valence-corrected chi connectivity index (χ4v) is 2.11. The van der Waals surface area contributed by atoms with Gasteiger partial charge in [0.15, 0.2) is 0 Å². The molecule has 0 aliphatic carbocycles. The number of carbonyl (C=O) groups is 1. The molecule has 2 amide bonds. The molecular weight excluding hydrogens is 323 g/mol. The largest absolute Gasteiger partial charge is 0.416 e. The van der Waals surface area contributed by atoms with Gasteiger partial charge in [0.05, 0.1) is 29.2 Å². The van der Waals surface area contributed by atoms with Crippen LogP contribution in [0.3, 0.4) is 0 Å². The number of aryl methyl sites for hydroxylation is 1. The van der Waals surface area contributed by atoms with Crippen LogP contribution in [0, 0.1) is 0 Å². The fourth-order valence-electron chi connectivity index (χ4n) is 2.11. The van der Waals surface area contributed by atoms with Gasteiger partial charge < -0.3 is 15.5 Å². The molecule has 9 heteroatoms. The summed E-state index contributed by atoms with van der Waals surface area (Å²) in [5, 5.41) is 9.02. The van der Waals surface area contributed by atoms with Crippen molar-refractivity contribution >= 4 is 17.4 Å². The summed E-state index contributed by atoms with van der Waals surface area (Å²) in [6, 6.07) is 4.35. The molecule has 0 bridgehead atoms. The molecule has 0 atom stereocenters. The maximum atomic E-state index is 12.9. The first-order chi connectivity index (χ1) is 11.2. The van der Waals surface area contributed by atoms with Crippen LogP contribution in [-0.4, -0.2) is 29.9 Å². The average Bonchev–Trinajstić information content (AvgIpc) is 2.89. The maximum Gasteiger partial charge on any atom is 0.416 e. The summed E-state index contributed by atoms with van der Waals surface area (Å²) in [5.41, 5.74) is 0.494. The zero-order chi connectivity index (χ0) is 17.9. The van der Waals surface area contributed by atoms with Gasteiger partial charge in [0.2, 0.25) is 0 Å². The smallest absolute Gasteiger partial charge is 0.376 e. The van der Waals surface area contributed by atoms with Gasteiger partial charge in [0.25, 0.3) is 0 Å². The lowest BCUT2D eigenvalue weighted by Gasteiger charge is -2.20.